The molecular weight excluding hydrogens is 258 g/mol. The maximum atomic E-state index is 5.56. The van der Waals surface area contributed by atoms with Gasteiger partial charge in [-0.05, 0) is 18.9 Å². The molecule has 106 valence electrons. The highest BCUT2D eigenvalue weighted by atomic mass is 16.5. The lowest BCUT2D eigenvalue weighted by molar-refractivity contribution is 0.0897. The van der Waals surface area contributed by atoms with Gasteiger partial charge in [-0.3, -0.25) is 0 Å². The second-order valence-electron chi connectivity index (χ2n) is 4.61. The summed E-state index contributed by atoms with van der Waals surface area (Å²) in [6.45, 7) is 1.33. The Balaban J connectivity index is 1.63. The number of benzene rings is 1. The summed E-state index contributed by atoms with van der Waals surface area (Å²) in [7, 11) is 1.65. The van der Waals surface area contributed by atoms with Crippen LogP contribution in [0.5, 0.6) is 5.75 Å². The fourth-order valence-electron chi connectivity index (χ4n) is 2.23. The number of hydrogen-bond donors (Lipinski definition) is 1. The van der Waals surface area contributed by atoms with Crippen LogP contribution in [0.3, 0.4) is 0 Å². The second kappa shape index (κ2) is 5.92. The predicted molar refractivity (Wildman–Crippen MR) is 72.5 cm³/mol. The monoisotopic (exact) mass is 275 g/mol. The summed E-state index contributed by atoms with van der Waals surface area (Å²) in [4.78, 5) is 0. The molecule has 1 fully saturated rings. The van der Waals surface area contributed by atoms with Crippen molar-refractivity contribution in [3.8, 4) is 5.75 Å². The number of ether oxygens (including phenoxy) is 2. The van der Waals surface area contributed by atoms with E-state index in [1.807, 2.05) is 24.3 Å². The maximum Gasteiger partial charge on any atom is 0.315 e. The second-order valence-corrected chi connectivity index (χ2v) is 4.61. The molecule has 0 amide bonds. The van der Waals surface area contributed by atoms with Crippen LogP contribution in [-0.2, 0) is 11.3 Å². The number of nitrogens with zero attached hydrogens (tertiary/aromatic N) is 2. The van der Waals surface area contributed by atoms with Crippen LogP contribution in [0.25, 0.3) is 0 Å². The van der Waals surface area contributed by atoms with Crippen molar-refractivity contribution in [2.45, 2.75) is 25.5 Å². The van der Waals surface area contributed by atoms with Crippen molar-refractivity contribution >= 4 is 6.01 Å². The van der Waals surface area contributed by atoms with Crippen molar-refractivity contribution in [3.05, 3.63) is 35.7 Å². The van der Waals surface area contributed by atoms with Crippen LogP contribution in [0.2, 0.25) is 0 Å². The van der Waals surface area contributed by atoms with Crippen LogP contribution < -0.4 is 10.1 Å². The van der Waals surface area contributed by atoms with E-state index in [-0.39, 0.29) is 6.10 Å². The molecule has 1 saturated heterocycles. The normalized spacial score (nSPS) is 18.1. The Morgan fingerprint density at radius 3 is 3.05 bits per heavy atom. The van der Waals surface area contributed by atoms with Gasteiger partial charge in [0.2, 0.25) is 5.89 Å². The quantitative estimate of drug-likeness (QED) is 0.904. The third-order valence-corrected chi connectivity index (χ3v) is 3.27. The third-order valence-electron chi connectivity index (χ3n) is 3.27. The molecule has 2 aromatic rings. The summed E-state index contributed by atoms with van der Waals surface area (Å²) in [5.41, 5.74) is 1.03. The van der Waals surface area contributed by atoms with Crippen LogP contribution in [0.15, 0.2) is 28.7 Å². The number of nitrogens with one attached hydrogen (secondary N) is 1. The first-order valence-electron chi connectivity index (χ1n) is 6.67. The van der Waals surface area contributed by atoms with E-state index in [0.717, 1.165) is 30.8 Å². The standard InChI is InChI=1S/C14H17N3O3/c1-18-11-6-3-2-5-10(11)9-15-14-17-16-13(20-14)12-7-4-8-19-12/h2-3,5-6,12H,4,7-9H2,1H3,(H,15,17)/t12-/m1/s1. The van der Waals surface area contributed by atoms with Crippen molar-refractivity contribution in [1.29, 1.82) is 0 Å². The lowest BCUT2D eigenvalue weighted by Gasteiger charge is -2.07. The Kier molecular flexibility index (Phi) is 3.83. The molecule has 0 aliphatic carbocycles. The maximum absolute atomic E-state index is 5.56. The molecule has 0 bridgehead atoms. The van der Waals surface area contributed by atoms with Gasteiger partial charge in [0.15, 0.2) is 0 Å². The molecular formula is C14H17N3O3. The zero-order valence-electron chi connectivity index (χ0n) is 11.3. The van der Waals surface area contributed by atoms with E-state index in [2.05, 4.69) is 15.5 Å². The molecule has 0 saturated carbocycles. The number of hydrogen-bond acceptors (Lipinski definition) is 6. The highest BCUT2D eigenvalue weighted by molar-refractivity contribution is 5.35. The predicted octanol–water partition coefficient (Wildman–Crippen LogP) is 2.54. The van der Waals surface area contributed by atoms with Gasteiger partial charge in [0.25, 0.3) is 0 Å². The molecule has 1 aromatic carbocycles. The van der Waals surface area contributed by atoms with Gasteiger partial charge in [-0.15, -0.1) is 5.10 Å². The lowest BCUT2D eigenvalue weighted by Crippen LogP contribution is -2.01. The van der Waals surface area contributed by atoms with E-state index in [4.69, 9.17) is 13.9 Å². The average Bonchev–Trinajstić information content (AvgIpc) is 3.16. The highest BCUT2D eigenvalue weighted by Gasteiger charge is 2.23. The van der Waals surface area contributed by atoms with Crippen LogP contribution in [0.1, 0.15) is 30.4 Å². The zero-order valence-corrected chi connectivity index (χ0v) is 11.3. The molecule has 1 aliphatic rings. The largest absolute Gasteiger partial charge is 0.496 e. The molecule has 0 radical (unpaired) electrons. The molecule has 1 N–H and O–H groups in total. The van der Waals surface area contributed by atoms with Crippen LogP contribution in [0, 0.1) is 0 Å². The molecule has 1 atom stereocenters. The minimum absolute atomic E-state index is 0.0516. The molecule has 0 unspecified atom stereocenters. The smallest absolute Gasteiger partial charge is 0.315 e. The number of para-hydroxylation sites is 1. The average molecular weight is 275 g/mol. The number of anilines is 1. The number of methoxy groups -OCH3 is 1. The Morgan fingerprint density at radius 2 is 2.25 bits per heavy atom. The van der Waals surface area contributed by atoms with Crippen molar-refractivity contribution in [2.24, 2.45) is 0 Å². The van der Waals surface area contributed by atoms with E-state index in [1.165, 1.54) is 0 Å². The summed E-state index contributed by atoms with van der Waals surface area (Å²) < 4.78 is 16.4. The molecule has 20 heavy (non-hydrogen) atoms. The van der Waals surface area contributed by atoms with Gasteiger partial charge in [0.05, 0.1) is 7.11 Å². The molecule has 3 rings (SSSR count). The zero-order chi connectivity index (χ0) is 13.8. The third kappa shape index (κ3) is 2.75. The summed E-state index contributed by atoms with van der Waals surface area (Å²) in [6.07, 6.45) is 1.93. The molecule has 6 nitrogen and oxygen atoms in total. The highest BCUT2D eigenvalue weighted by Crippen LogP contribution is 2.28. The molecule has 2 heterocycles. The molecule has 1 aliphatic heterocycles. The fraction of sp³-hybridized carbons (Fsp3) is 0.429. The van der Waals surface area contributed by atoms with E-state index in [0.29, 0.717) is 18.5 Å². The summed E-state index contributed by atoms with van der Waals surface area (Å²) in [5.74, 6) is 1.38. The first-order chi connectivity index (χ1) is 9.86. The minimum atomic E-state index is -0.0516. The van der Waals surface area contributed by atoms with Gasteiger partial charge in [-0.25, -0.2) is 0 Å². The summed E-state index contributed by atoms with van der Waals surface area (Å²) in [5, 5.41) is 11.1. The topological polar surface area (TPSA) is 69.4 Å². The van der Waals surface area contributed by atoms with Crippen molar-refractivity contribution < 1.29 is 13.9 Å². The fourth-order valence-corrected chi connectivity index (χ4v) is 2.23. The first-order valence-corrected chi connectivity index (χ1v) is 6.67. The Morgan fingerprint density at radius 1 is 1.35 bits per heavy atom. The number of rotatable bonds is 5. The van der Waals surface area contributed by atoms with Gasteiger partial charge < -0.3 is 19.2 Å². The Hall–Kier alpha value is -2.08. The first kappa shape index (κ1) is 12.9. The van der Waals surface area contributed by atoms with Crippen LogP contribution >= 0.6 is 0 Å². The number of aromatic nitrogens is 2. The van der Waals surface area contributed by atoms with Crippen molar-refractivity contribution in [1.82, 2.24) is 10.2 Å². The molecule has 6 heteroatoms. The van der Waals surface area contributed by atoms with E-state index in [9.17, 15) is 0 Å². The van der Waals surface area contributed by atoms with Gasteiger partial charge in [0, 0.05) is 18.7 Å². The Labute approximate surface area is 117 Å². The summed E-state index contributed by atoms with van der Waals surface area (Å²) in [6, 6.07) is 8.21. The Bertz CT molecular complexity index is 564. The van der Waals surface area contributed by atoms with E-state index in [1.54, 1.807) is 7.11 Å². The molecule has 1 aromatic heterocycles. The summed E-state index contributed by atoms with van der Waals surface area (Å²) >= 11 is 0. The van der Waals surface area contributed by atoms with Crippen LogP contribution in [-0.4, -0.2) is 23.9 Å². The van der Waals surface area contributed by atoms with Gasteiger partial charge >= 0.3 is 6.01 Å². The van der Waals surface area contributed by atoms with Gasteiger partial charge in [0.1, 0.15) is 11.9 Å². The minimum Gasteiger partial charge on any atom is -0.496 e. The van der Waals surface area contributed by atoms with E-state index >= 15 is 0 Å². The van der Waals surface area contributed by atoms with E-state index < -0.39 is 0 Å². The van der Waals surface area contributed by atoms with Crippen molar-refractivity contribution in [2.75, 3.05) is 19.0 Å². The van der Waals surface area contributed by atoms with Gasteiger partial charge in [-0.2, -0.15) is 0 Å². The SMILES string of the molecule is COc1ccccc1CNc1nnc([C@H]2CCCO2)o1. The lowest BCUT2D eigenvalue weighted by atomic mass is 10.2. The molecule has 0 spiro atoms. The van der Waals surface area contributed by atoms with Crippen LogP contribution in [0.4, 0.5) is 6.01 Å². The van der Waals surface area contributed by atoms with Crippen molar-refractivity contribution in [3.63, 3.8) is 0 Å². The van der Waals surface area contributed by atoms with Gasteiger partial charge in [-0.1, -0.05) is 23.3 Å².